The topological polar surface area (TPSA) is 85.0 Å². The molecule has 3 aliphatic rings. The number of amidine groups is 1. The van der Waals surface area contributed by atoms with Gasteiger partial charge in [-0.25, -0.2) is 9.79 Å². The molecule has 0 unspecified atom stereocenters. The van der Waals surface area contributed by atoms with Crippen molar-refractivity contribution in [3.63, 3.8) is 0 Å². The highest BCUT2D eigenvalue weighted by molar-refractivity contribution is 8.17. The van der Waals surface area contributed by atoms with Gasteiger partial charge < -0.3 is 9.64 Å². The average molecular weight is 385 g/mol. The summed E-state index contributed by atoms with van der Waals surface area (Å²) in [6, 6.07) is 6.00. The van der Waals surface area contributed by atoms with Crippen LogP contribution in [-0.2, 0) is 9.53 Å². The molecular weight excluding hydrogens is 366 g/mol. The number of thioether (sulfide) groups is 1. The number of nitro benzene ring substituents is 1. The molecule has 0 amide bonds. The predicted molar refractivity (Wildman–Crippen MR) is 103 cm³/mol. The van der Waals surface area contributed by atoms with Crippen molar-refractivity contribution in [3.05, 3.63) is 61.8 Å². The number of carbonyl (C=O) groups excluding carboxylic acids is 1. The summed E-state index contributed by atoms with van der Waals surface area (Å²) in [5, 5.41) is 12.1. The molecule has 1 aromatic carbocycles. The van der Waals surface area contributed by atoms with Gasteiger partial charge in [-0.1, -0.05) is 23.9 Å². The van der Waals surface area contributed by atoms with Gasteiger partial charge >= 0.3 is 5.97 Å². The molecule has 0 aromatic heterocycles. The number of carbonyl (C=O) groups is 1. The van der Waals surface area contributed by atoms with E-state index in [0.717, 1.165) is 30.9 Å². The van der Waals surface area contributed by atoms with Crippen molar-refractivity contribution in [1.82, 2.24) is 4.90 Å². The van der Waals surface area contributed by atoms with E-state index < -0.39 is 16.9 Å². The van der Waals surface area contributed by atoms with E-state index in [4.69, 9.17) is 4.74 Å². The molecule has 1 aliphatic carbocycles. The fraction of sp³-hybridized carbons (Fsp3) is 0.368. The third-order valence-corrected chi connectivity index (χ3v) is 6.24. The van der Waals surface area contributed by atoms with Crippen LogP contribution in [0, 0.1) is 10.1 Å². The van der Waals surface area contributed by atoms with Crippen LogP contribution in [0.4, 0.5) is 5.69 Å². The Bertz CT molecular complexity index is 935. The molecule has 140 valence electrons. The van der Waals surface area contributed by atoms with Gasteiger partial charge in [0.2, 0.25) is 0 Å². The molecule has 0 N–H and O–H groups in total. The molecule has 27 heavy (non-hydrogen) atoms. The molecule has 0 spiro atoms. The lowest BCUT2D eigenvalue weighted by Crippen LogP contribution is -2.36. The van der Waals surface area contributed by atoms with E-state index in [1.54, 1.807) is 24.8 Å². The molecule has 0 saturated carbocycles. The highest BCUT2D eigenvalue weighted by Gasteiger charge is 2.43. The van der Waals surface area contributed by atoms with Crippen molar-refractivity contribution in [3.8, 4) is 0 Å². The van der Waals surface area contributed by atoms with Gasteiger partial charge in [0, 0.05) is 22.7 Å². The standard InChI is InChI=1S/C19H19N3O4S/c1-11-16(18(23)26-2)17(12-6-5-7-13(10-12)22(24)25)21-14-8-3-4-9-15(14)27-19(21)20-11/h5-7,10,17H,3-4,8-9H2,1-2H3/t17-/m0/s1. The van der Waals surface area contributed by atoms with Crippen molar-refractivity contribution < 1.29 is 14.5 Å². The number of esters is 1. The normalized spacial score (nSPS) is 21.6. The van der Waals surface area contributed by atoms with Crippen LogP contribution >= 0.6 is 11.8 Å². The van der Waals surface area contributed by atoms with E-state index in [0.29, 0.717) is 16.8 Å². The molecule has 1 aromatic rings. The lowest BCUT2D eigenvalue weighted by atomic mass is 9.92. The maximum absolute atomic E-state index is 12.6. The lowest BCUT2D eigenvalue weighted by molar-refractivity contribution is -0.384. The number of hydrogen-bond donors (Lipinski definition) is 0. The molecule has 1 atom stereocenters. The van der Waals surface area contributed by atoms with Gasteiger partial charge in [0.25, 0.3) is 5.69 Å². The number of nitro groups is 1. The van der Waals surface area contributed by atoms with E-state index in [9.17, 15) is 14.9 Å². The maximum Gasteiger partial charge on any atom is 0.338 e. The third-order valence-electron chi connectivity index (χ3n) is 5.09. The number of aliphatic imine (C=N–C) groups is 1. The van der Waals surface area contributed by atoms with E-state index in [2.05, 4.69) is 9.89 Å². The Kier molecular flexibility index (Phi) is 4.51. The summed E-state index contributed by atoms with van der Waals surface area (Å²) >= 11 is 1.65. The number of rotatable bonds is 3. The van der Waals surface area contributed by atoms with Gasteiger partial charge in [-0.05, 0) is 38.2 Å². The fourth-order valence-electron chi connectivity index (χ4n) is 3.87. The summed E-state index contributed by atoms with van der Waals surface area (Å²) < 4.78 is 5.02. The van der Waals surface area contributed by atoms with Crippen LogP contribution in [0.25, 0.3) is 0 Å². The molecular formula is C19H19N3O4S. The number of ether oxygens (including phenoxy) is 1. The van der Waals surface area contributed by atoms with E-state index in [1.807, 2.05) is 6.07 Å². The molecule has 0 saturated heterocycles. The lowest BCUT2D eigenvalue weighted by Gasteiger charge is -2.36. The van der Waals surface area contributed by atoms with Crippen LogP contribution in [0.1, 0.15) is 44.2 Å². The second-order valence-electron chi connectivity index (χ2n) is 6.69. The van der Waals surface area contributed by atoms with Crippen LogP contribution in [0.2, 0.25) is 0 Å². The summed E-state index contributed by atoms with van der Waals surface area (Å²) in [6.07, 6.45) is 4.15. The summed E-state index contributed by atoms with van der Waals surface area (Å²) in [5.41, 5.74) is 2.90. The molecule has 7 nitrogen and oxygen atoms in total. The number of hydrogen-bond acceptors (Lipinski definition) is 7. The first-order valence-corrected chi connectivity index (χ1v) is 9.64. The monoisotopic (exact) mass is 385 g/mol. The minimum Gasteiger partial charge on any atom is -0.466 e. The number of non-ortho nitro benzene ring substituents is 1. The summed E-state index contributed by atoms with van der Waals surface area (Å²) in [6.45, 7) is 1.79. The largest absolute Gasteiger partial charge is 0.466 e. The summed E-state index contributed by atoms with van der Waals surface area (Å²) in [5.74, 6) is -0.457. The predicted octanol–water partition coefficient (Wildman–Crippen LogP) is 4.29. The van der Waals surface area contributed by atoms with E-state index >= 15 is 0 Å². The van der Waals surface area contributed by atoms with Crippen molar-refractivity contribution in [2.24, 2.45) is 4.99 Å². The zero-order valence-corrected chi connectivity index (χ0v) is 15.9. The highest BCUT2D eigenvalue weighted by atomic mass is 32.2. The molecule has 2 aliphatic heterocycles. The highest BCUT2D eigenvalue weighted by Crippen LogP contribution is 2.51. The first kappa shape index (κ1) is 17.8. The molecule has 0 fully saturated rings. The molecule has 0 radical (unpaired) electrons. The first-order valence-electron chi connectivity index (χ1n) is 8.82. The van der Waals surface area contributed by atoms with Crippen LogP contribution in [0.15, 0.2) is 51.1 Å². The number of fused-ring (bicyclic) bond motifs is 2. The summed E-state index contributed by atoms with van der Waals surface area (Å²) in [4.78, 5) is 31.5. The zero-order chi connectivity index (χ0) is 19.1. The Balaban J connectivity index is 1.89. The summed E-state index contributed by atoms with van der Waals surface area (Å²) in [7, 11) is 1.34. The van der Waals surface area contributed by atoms with Gasteiger partial charge in [-0.3, -0.25) is 10.1 Å². The number of methoxy groups -OCH3 is 1. The Morgan fingerprint density at radius 3 is 2.89 bits per heavy atom. The Labute approximate surface area is 160 Å². The number of benzene rings is 1. The van der Waals surface area contributed by atoms with Crippen LogP contribution in [0.3, 0.4) is 0 Å². The van der Waals surface area contributed by atoms with Gasteiger partial charge in [-0.15, -0.1) is 0 Å². The smallest absolute Gasteiger partial charge is 0.338 e. The van der Waals surface area contributed by atoms with Gasteiger partial charge in [0.05, 0.1) is 29.3 Å². The van der Waals surface area contributed by atoms with Gasteiger partial charge in [0.15, 0.2) is 5.17 Å². The van der Waals surface area contributed by atoms with Crippen LogP contribution in [0.5, 0.6) is 0 Å². The quantitative estimate of drug-likeness (QED) is 0.438. The fourth-order valence-corrected chi connectivity index (χ4v) is 5.15. The first-order chi connectivity index (χ1) is 13.0. The Hall–Kier alpha value is -2.61. The molecule has 4 rings (SSSR count). The third kappa shape index (κ3) is 2.93. The number of allylic oxidation sites excluding steroid dienone is 3. The van der Waals surface area contributed by atoms with Gasteiger partial charge in [-0.2, -0.15) is 0 Å². The Morgan fingerprint density at radius 1 is 1.37 bits per heavy atom. The van der Waals surface area contributed by atoms with Crippen molar-refractivity contribution in [2.45, 2.75) is 38.6 Å². The minimum atomic E-state index is -0.469. The SMILES string of the molecule is COC(=O)C1=C(C)N=C2SC3=C(CCCC3)N2[C@H]1c1cccc([N+](=O)[O-])c1. The molecule has 2 heterocycles. The van der Waals surface area contributed by atoms with E-state index in [-0.39, 0.29) is 5.69 Å². The van der Waals surface area contributed by atoms with Crippen molar-refractivity contribution >= 4 is 28.6 Å². The minimum absolute atomic E-state index is 0.00290. The van der Waals surface area contributed by atoms with Gasteiger partial charge in [0.1, 0.15) is 0 Å². The average Bonchev–Trinajstić information content (AvgIpc) is 3.04. The zero-order valence-electron chi connectivity index (χ0n) is 15.1. The molecule has 0 bridgehead atoms. The second-order valence-corrected chi connectivity index (χ2v) is 7.75. The molecule has 8 heteroatoms. The van der Waals surface area contributed by atoms with Crippen molar-refractivity contribution in [2.75, 3.05) is 7.11 Å². The van der Waals surface area contributed by atoms with E-state index in [1.165, 1.54) is 29.8 Å². The Morgan fingerprint density at radius 2 is 2.15 bits per heavy atom. The van der Waals surface area contributed by atoms with Crippen LogP contribution < -0.4 is 0 Å². The van der Waals surface area contributed by atoms with Crippen molar-refractivity contribution in [1.29, 1.82) is 0 Å². The number of nitrogens with zero attached hydrogens (tertiary/aromatic N) is 3. The van der Waals surface area contributed by atoms with Crippen LogP contribution in [-0.4, -0.2) is 28.1 Å². The maximum atomic E-state index is 12.6. The second kappa shape index (κ2) is 6.84.